The maximum Gasteiger partial charge on any atom is 0.265 e. The van der Waals surface area contributed by atoms with Crippen LogP contribution >= 0.6 is 0 Å². The number of para-hydroxylation sites is 2. The molecule has 0 saturated carbocycles. The summed E-state index contributed by atoms with van der Waals surface area (Å²) >= 11 is 0. The first-order chi connectivity index (χ1) is 16.5. The molecular formula is C25H25N5O4. The smallest absolute Gasteiger partial charge is 0.265 e. The van der Waals surface area contributed by atoms with Crippen LogP contribution in [0.2, 0.25) is 0 Å². The number of hydrogen-bond donors (Lipinski definition) is 1. The highest BCUT2D eigenvalue weighted by Gasteiger charge is 2.33. The molecule has 0 bridgehead atoms. The van der Waals surface area contributed by atoms with Crippen molar-refractivity contribution in [1.82, 2.24) is 24.6 Å². The van der Waals surface area contributed by atoms with Gasteiger partial charge in [-0.05, 0) is 31.5 Å². The molecule has 0 saturated heterocycles. The largest absolute Gasteiger partial charge is 0.482 e. The molecule has 2 aromatic carbocycles. The Kier molecular flexibility index (Phi) is 5.75. The number of nitrogens with zero attached hydrogens (tertiary/aromatic N) is 4. The van der Waals surface area contributed by atoms with E-state index in [1.807, 2.05) is 49.4 Å². The molecule has 0 fully saturated rings. The third-order valence-corrected chi connectivity index (χ3v) is 5.82. The van der Waals surface area contributed by atoms with Gasteiger partial charge in [0.25, 0.3) is 11.5 Å². The van der Waals surface area contributed by atoms with Crippen LogP contribution in [-0.4, -0.2) is 44.0 Å². The molecule has 34 heavy (non-hydrogen) atoms. The van der Waals surface area contributed by atoms with Gasteiger partial charge in [-0.1, -0.05) is 42.0 Å². The molecule has 5 rings (SSSR count). The second-order valence-electron chi connectivity index (χ2n) is 8.37. The van der Waals surface area contributed by atoms with Gasteiger partial charge in [-0.2, -0.15) is 5.10 Å². The summed E-state index contributed by atoms with van der Waals surface area (Å²) in [7, 11) is 0. The Bertz CT molecular complexity index is 1390. The number of carbonyl (C=O) groups is 1. The van der Waals surface area contributed by atoms with E-state index < -0.39 is 12.2 Å². The fourth-order valence-corrected chi connectivity index (χ4v) is 3.96. The number of ether oxygens (including phenoxy) is 2. The number of hydrogen-bond acceptors (Lipinski definition) is 6. The first kappa shape index (κ1) is 21.7. The van der Waals surface area contributed by atoms with E-state index in [2.05, 4.69) is 15.4 Å². The van der Waals surface area contributed by atoms with Crippen molar-refractivity contribution in [1.29, 1.82) is 0 Å². The minimum Gasteiger partial charge on any atom is -0.482 e. The Morgan fingerprint density at radius 1 is 1.09 bits per heavy atom. The molecule has 2 atom stereocenters. The van der Waals surface area contributed by atoms with E-state index in [0.717, 1.165) is 5.56 Å². The lowest BCUT2D eigenvalue weighted by Gasteiger charge is -2.31. The van der Waals surface area contributed by atoms with Gasteiger partial charge in [0.2, 0.25) is 6.10 Å². The average Bonchev–Trinajstić information content (AvgIpc) is 3.25. The summed E-state index contributed by atoms with van der Waals surface area (Å²) in [6.07, 6.45) is 1.88. The molecule has 2 aromatic heterocycles. The molecule has 2 unspecified atom stereocenters. The number of aromatic nitrogens is 4. The molecular weight excluding hydrogens is 434 g/mol. The summed E-state index contributed by atoms with van der Waals surface area (Å²) < 4.78 is 14.8. The molecule has 0 spiro atoms. The average molecular weight is 460 g/mol. The van der Waals surface area contributed by atoms with E-state index in [1.165, 1.54) is 18.1 Å². The summed E-state index contributed by atoms with van der Waals surface area (Å²) in [6, 6.07) is 15.3. The third kappa shape index (κ3) is 4.24. The van der Waals surface area contributed by atoms with Crippen LogP contribution in [0.3, 0.4) is 0 Å². The van der Waals surface area contributed by atoms with Crippen molar-refractivity contribution in [2.24, 2.45) is 0 Å². The number of aryl methyl sites for hydroxylation is 1. The van der Waals surface area contributed by atoms with Crippen LogP contribution in [-0.2, 0) is 17.9 Å². The summed E-state index contributed by atoms with van der Waals surface area (Å²) in [6.45, 7) is 4.93. The van der Waals surface area contributed by atoms with Gasteiger partial charge in [-0.3, -0.25) is 14.2 Å². The molecule has 1 aliphatic rings. The van der Waals surface area contributed by atoms with Gasteiger partial charge in [0, 0.05) is 6.54 Å². The molecule has 9 heteroatoms. The predicted molar refractivity (Wildman–Crippen MR) is 126 cm³/mol. The quantitative estimate of drug-likeness (QED) is 0.475. The Hall–Kier alpha value is -4.14. The molecule has 1 N–H and O–H groups in total. The molecule has 4 aromatic rings. The van der Waals surface area contributed by atoms with Crippen molar-refractivity contribution in [3.8, 4) is 11.5 Å². The minimum absolute atomic E-state index is 0.152. The molecule has 9 nitrogen and oxygen atoms in total. The fourth-order valence-electron chi connectivity index (χ4n) is 3.96. The van der Waals surface area contributed by atoms with Gasteiger partial charge in [-0.15, -0.1) is 0 Å². The second-order valence-corrected chi connectivity index (χ2v) is 8.37. The maximum atomic E-state index is 12.9. The monoisotopic (exact) mass is 459 g/mol. The number of fused-ring (bicyclic) bond motifs is 2. The van der Waals surface area contributed by atoms with Crippen molar-refractivity contribution < 1.29 is 14.3 Å². The van der Waals surface area contributed by atoms with Crippen LogP contribution in [0.4, 0.5) is 0 Å². The van der Waals surface area contributed by atoms with E-state index in [9.17, 15) is 9.59 Å². The summed E-state index contributed by atoms with van der Waals surface area (Å²) in [5.41, 5.74) is 2.52. The molecule has 1 amide bonds. The number of carbonyl (C=O) groups excluding carboxylic acids is 1. The first-order valence-electron chi connectivity index (χ1n) is 11.2. The highest BCUT2D eigenvalue weighted by atomic mass is 16.6. The number of amides is 1. The third-order valence-electron chi connectivity index (χ3n) is 5.82. The number of benzene rings is 2. The molecule has 1 aliphatic heterocycles. The van der Waals surface area contributed by atoms with Crippen LogP contribution in [0.15, 0.2) is 65.8 Å². The van der Waals surface area contributed by atoms with Crippen LogP contribution in [0.25, 0.3) is 11.0 Å². The van der Waals surface area contributed by atoms with Gasteiger partial charge in [0.05, 0.1) is 19.3 Å². The number of nitrogens with one attached hydrogen (secondary N) is 1. The lowest BCUT2D eigenvalue weighted by Crippen LogP contribution is -2.49. The lowest BCUT2D eigenvalue weighted by atomic mass is 10.1. The predicted octanol–water partition coefficient (Wildman–Crippen LogP) is 2.29. The van der Waals surface area contributed by atoms with Crippen molar-refractivity contribution in [3.05, 3.63) is 82.5 Å². The van der Waals surface area contributed by atoms with Crippen molar-refractivity contribution >= 4 is 16.9 Å². The topological polar surface area (TPSA) is 100 Å². The van der Waals surface area contributed by atoms with E-state index in [-0.39, 0.29) is 11.5 Å². The molecule has 0 radical (unpaired) electrons. The van der Waals surface area contributed by atoms with Gasteiger partial charge in [-0.25, -0.2) is 9.67 Å². The zero-order valence-electron chi connectivity index (χ0n) is 19.0. The SMILES string of the molecule is Cc1ccc(Cn2cnc3c(cnn3CCNC(=O)C3Oc4ccccc4OC3C)c2=O)cc1. The molecule has 0 aliphatic carbocycles. The van der Waals surface area contributed by atoms with Crippen LogP contribution in [0.1, 0.15) is 18.1 Å². The molecule has 3 heterocycles. The summed E-state index contributed by atoms with van der Waals surface area (Å²) in [5.74, 6) is 0.901. The van der Waals surface area contributed by atoms with Crippen molar-refractivity contribution in [3.63, 3.8) is 0 Å². The summed E-state index contributed by atoms with van der Waals surface area (Å²) in [4.78, 5) is 30.0. The standard InChI is InChI=1S/C25H25N5O4/c1-16-7-9-18(10-8-16)14-29-15-27-23-19(25(29)32)13-28-30(23)12-11-26-24(31)22-17(2)33-20-5-3-4-6-21(20)34-22/h3-10,13,15,17,22H,11-12,14H2,1-2H3,(H,26,31). The highest BCUT2D eigenvalue weighted by Crippen LogP contribution is 2.33. The summed E-state index contributed by atoms with van der Waals surface area (Å²) in [5, 5.41) is 7.61. The van der Waals surface area contributed by atoms with Crippen LogP contribution in [0.5, 0.6) is 11.5 Å². The minimum atomic E-state index is -0.753. The molecule has 174 valence electrons. The fraction of sp³-hybridized carbons (Fsp3) is 0.280. The normalized spacial score (nSPS) is 17.0. The van der Waals surface area contributed by atoms with E-state index >= 15 is 0 Å². The Balaban J connectivity index is 1.23. The van der Waals surface area contributed by atoms with E-state index in [1.54, 1.807) is 22.2 Å². The number of rotatable bonds is 6. The Labute approximate surface area is 195 Å². The van der Waals surface area contributed by atoms with Crippen molar-refractivity contribution in [2.75, 3.05) is 6.54 Å². The van der Waals surface area contributed by atoms with E-state index in [4.69, 9.17) is 9.47 Å². The second kappa shape index (κ2) is 9.01. The lowest BCUT2D eigenvalue weighted by molar-refractivity contribution is -0.133. The Morgan fingerprint density at radius 3 is 2.59 bits per heavy atom. The first-order valence-corrected chi connectivity index (χ1v) is 11.2. The zero-order chi connectivity index (χ0) is 23.7. The zero-order valence-corrected chi connectivity index (χ0v) is 19.0. The van der Waals surface area contributed by atoms with Gasteiger partial charge >= 0.3 is 0 Å². The van der Waals surface area contributed by atoms with Crippen molar-refractivity contribution in [2.45, 2.75) is 39.1 Å². The Morgan fingerprint density at radius 2 is 1.82 bits per heavy atom. The van der Waals surface area contributed by atoms with Crippen LogP contribution in [0, 0.1) is 6.92 Å². The van der Waals surface area contributed by atoms with Gasteiger partial charge < -0.3 is 14.8 Å². The van der Waals surface area contributed by atoms with Gasteiger partial charge in [0.15, 0.2) is 17.1 Å². The van der Waals surface area contributed by atoms with E-state index in [0.29, 0.717) is 42.2 Å². The maximum absolute atomic E-state index is 12.9. The van der Waals surface area contributed by atoms with Gasteiger partial charge in [0.1, 0.15) is 17.8 Å². The van der Waals surface area contributed by atoms with Crippen LogP contribution < -0.4 is 20.3 Å². The highest BCUT2D eigenvalue weighted by molar-refractivity contribution is 5.82.